The van der Waals surface area contributed by atoms with E-state index < -0.39 is 11.4 Å². The van der Waals surface area contributed by atoms with Gasteiger partial charge in [-0.25, -0.2) is 0 Å². The van der Waals surface area contributed by atoms with Gasteiger partial charge in [-0.2, -0.15) is 0 Å². The number of carbonyl (C=O) groups excluding carboxylic acids is 2. The van der Waals surface area contributed by atoms with E-state index in [1.54, 1.807) is 6.92 Å². The Hall–Kier alpha value is -1.12. The summed E-state index contributed by atoms with van der Waals surface area (Å²) in [4.78, 5) is 22.5. The zero-order chi connectivity index (χ0) is 9.94. The lowest BCUT2D eigenvalue weighted by Crippen LogP contribution is -2.34. The van der Waals surface area contributed by atoms with E-state index in [9.17, 15) is 9.59 Å². The molecule has 0 unspecified atom stereocenters. The van der Waals surface area contributed by atoms with Crippen molar-refractivity contribution in [3.05, 3.63) is 12.2 Å². The Morgan fingerprint density at radius 3 is 2.00 bits per heavy atom. The second-order valence-electron chi connectivity index (χ2n) is 3.23. The normalized spacial score (nSPS) is 10.7. The first-order chi connectivity index (χ1) is 5.34. The molecule has 0 aliphatic rings. The average Bonchev–Trinajstić information content (AvgIpc) is 2.01. The van der Waals surface area contributed by atoms with E-state index in [2.05, 4.69) is 11.3 Å². The van der Waals surface area contributed by atoms with Gasteiger partial charge in [-0.3, -0.25) is 9.59 Å². The number of methoxy groups -OCH3 is 1. The highest BCUT2D eigenvalue weighted by molar-refractivity contribution is 6.10. The number of hydrogen-bond donors (Lipinski definition) is 0. The summed E-state index contributed by atoms with van der Waals surface area (Å²) < 4.78 is 4.49. The summed E-state index contributed by atoms with van der Waals surface area (Å²) in [5, 5.41) is 0. The Morgan fingerprint density at radius 2 is 1.75 bits per heavy atom. The molecule has 0 aliphatic heterocycles. The molecule has 0 N–H and O–H groups in total. The van der Waals surface area contributed by atoms with E-state index in [1.807, 2.05) is 0 Å². The van der Waals surface area contributed by atoms with Crippen molar-refractivity contribution in [1.82, 2.24) is 0 Å². The zero-order valence-corrected chi connectivity index (χ0v) is 7.93. The molecule has 0 amide bonds. The first-order valence-corrected chi connectivity index (χ1v) is 3.62. The van der Waals surface area contributed by atoms with Crippen LogP contribution in [0.4, 0.5) is 0 Å². The van der Waals surface area contributed by atoms with Gasteiger partial charge >= 0.3 is 5.97 Å². The third-order valence-corrected chi connectivity index (χ3v) is 1.65. The summed E-state index contributed by atoms with van der Waals surface area (Å²) in [7, 11) is 1.26. The molecule has 12 heavy (non-hydrogen) atoms. The molecular formula is C9H14O3. The Kier molecular flexibility index (Phi) is 3.19. The van der Waals surface area contributed by atoms with Gasteiger partial charge in [0.05, 0.1) is 7.11 Å². The topological polar surface area (TPSA) is 43.4 Å². The van der Waals surface area contributed by atoms with Crippen molar-refractivity contribution in [3.63, 3.8) is 0 Å². The molecule has 0 aromatic rings. The van der Waals surface area contributed by atoms with Crippen molar-refractivity contribution < 1.29 is 14.3 Å². The smallest absolute Gasteiger partial charge is 0.319 e. The van der Waals surface area contributed by atoms with Crippen molar-refractivity contribution in [1.29, 1.82) is 0 Å². The van der Waals surface area contributed by atoms with Gasteiger partial charge in [0.1, 0.15) is 5.41 Å². The van der Waals surface area contributed by atoms with Crippen LogP contribution in [0.15, 0.2) is 12.2 Å². The van der Waals surface area contributed by atoms with Gasteiger partial charge < -0.3 is 4.74 Å². The highest BCUT2D eigenvalue weighted by atomic mass is 16.5. The second-order valence-corrected chi connectivity index (χ2v) is 3.23. The number of esters is 1. The quantitative estimate of drug-likeness (QED) is 0.364. The van der Waals surface area contributed by atoms with Crippen LogP contribution in [-0.4, -0.2) is 18.9 Å². The molecule has 0 aromatic carbocycles. The van der Waals surface area contributed by atoms with Crippen LogP contribution in [0.5, 0.6) is 0 Å². The number of Topliss-reactive ketones (excluding diaryl/α,β-unsaturated/α-hetero) is 1. The fraction of sp³-hybridized carbons (Fsp3) is 0.556. The fourth-order valence-electron chi connectivity index (χ4n) is 0.881. The van der Waals surface area contributed by atoms with Gasteiger partial charge in [0.2, 0.25) is 0 Å². The van der Waals surface area contributed by atoms with Gasteiger partial charge in [0.15, 0.2) is 5.78 Å². The van der Waals surface area contributed by atoms with Gasteiger partial charge in [-0.05, 0) is 26.3 Å². The van der Waals surface area contributed by atoms with Crippen LogP contribution in [0.3, 0.4) is 0 Å². The highest BCUT2D eigenvalue weighted by Gasteiger charge is 2.36. The Balaban J connectivity index is 4.73. The highest BCUT2D eigenvalue weighted by Crippen LogP contribution is 2.21. The van der Waals surface area contributed by atoms with Crippen molar-refractivity contribution in [2.75, 3.05) is 7.11 Å². The minimum atomic E-state index is -1.11. The number of carbonyl (C=O) groups is 2. The van der Waals surface area contributed by atoms with E-state index in [0.29, 0.717) is 5.57 Å². The first kappa shape index (κ1) is 10.9. The molecule has 0 atom stereocenters. The SMILES string of the molecule is C=C(C)C(=O)C(C)(C)C(=O)OC. The van der Waals surface area contributed by atoms with Crippen LogP contribution in [0.2, 0.25) is 0 Å². The van der Waals surface area contributed by atoms with E-state index in [1.165, 1.54) is 21.0 Å². The number of ether oxygens (including phenoxy) is 1. The Morgan fingerprint density at radius 1 is 1.33 bits per heavy atom. The second kappa shape index (κ2) is 3.52. The van der Waals surface area contributed by atoms with E-state index in [4.69, 9.17) is 0 Å². The fourth-order valence-corrected chi connectivity index (χ4v) is 0.881. The largest absolute Gasteiger partial charge is 0.468 e. The molecule has 0 saturated heterocycles. The minimum absolute atomic E-state index is 0.283. The number of ketones is 1. The Labute approximate surface area is 72.4 Å². The lowest BCUT2D eigenvalue weighted by molar-refractivity contribution is -0.154. The lowest BCUT2D eigenvalue weighted by atomic mass is 9.85. The minimum Gasteiger partial charge on any atom is -0.468 e. The molecule has 0 aromatic heterocycles. The molecular weight excluding hydrogens is 156 g/mol. The number of allylic oxidation sites excluding steroid dienone is 1. The summed E-state index contributed by atoms with van der Waals surface area (Å²) in [6.07, 6.45) is 0. The Bertz CT molecular complexity index is 226. The molecule has 0 saturated carbocycles. The van der Waals surface area contributed by atoms with Crippen molar-refractivity contribution in [2.45, 2.75) is 20.8 Å². The third kappa shape index (κ3) is 1.94. The molecule has 0 heterocycles. The van der Waals surface area contributed by atoms with Crippen molar-refractivity contribution >= 4 is 11.8 Å². The predicted octanol–water partition coefficient (Wildman–Crippen LogP) is 1.33. The maximum Gasteiger partial charge on any atom is 0.319 e. The zero-order valence-electron chi connectivity index (χ0n) is 7.93. The molecule has 0 radical (unpaired) electrons. The predicted molar refractivity (Wildman–Crippen MR) is 45.6 cm³/mol. The monoisotopic (exact) mass is 170 g/mol. The molecule has 0 bridgehead atoms. The standard InChI is InChI=1S/C9H14O3/c1-6(2)7(10)9(3,4)8(11)12-5/h1H2,2-5H3. The van der Waals surface area contributed by atoms with Crippen LogP contribution in [-0.2, 0) is 14.3 Å². The third-order valence-electron chi connectivity index (χ3n) is 1.65. The number of hydrogen-bond acceptors (Lipinski definition) is 3. The molecule has 0 spiro atoms. The van der Waals surface area contributed by atoms with Crippen LogP contribution in [0.1, 0.15) is 20.8 Å². The molecule has 3 heteroatoms. The summed E-state index contributed by atoms with van der Waals surface area (Å²) in [6, 6.07) is 0. The van der Waals surface area contributed by atoms with Crippen LogP contribution >= 0.6 is 0 Å². The summed E-state index contributed by atoms with van der Waals surface area (Å²) in [6.45, 7) is 8.10. The first-order valence-electron chi connectivity index (χ1n) is 3.62. The van der Waals surface area contributed by atoms with Gasteiger partial charge in [-0.1, -0.05) is 6.58 Å². The van der Waals surface area contributed by atoms with Crippen LogP contribution < -0.4 is 0 Å². The lowest BCUT2D eigenvalue weighted by Gasteiger charge is -2.19. The van der Waals surface area contributed by atoms with E-state index in [0.717, 1.165) is 0 Å². The van der Waals surface area contributed by atoms with E-state index >= 15 is 0 Å². The van der Waals surface area contributed by atoms with Gasteiger partial charge in [-0.15, -0.1) is 0 Å². The average molecular weight is 170 g/mol. The maximum absolute atomic E-state index is 11.4. The molecule has 3 nitrogen and oxygen atoms in total. The molecule has 0 fully saturated rings. The molecule has 68 valence electrons. The van der Waals surface area contributed by atoms with Crippen LogP contribution in [0.25, 0.3) is 0 Å². The van der Waals surface area contributed by atoms with Crippen LogP contribution in [0, 0.1) is 5.41 Å². The summed E-state index contributed by atoms with van der Waals surface area (Å²) in [5.41, 5.74) is -0.744. The maximum atomic E-state index is 11.4. The van der Waals surface area contributed by atoms with E-state index in [-0.39, 0.29) is 5.78 Å². The van der Waals surface area contributed by atoms with Gasteiger partial charge in [0, 0.05) is 0 Å². The van der Waals surface area contributed by atoms with Crippen molar-refractivity contribution in [3.8, 4) is 0 Å². The summed E-state index contributed by atoms with van der Waals surface area (Å²) in [5.74, 6) is -0.815. The molecule has 0 aliphatic carbocycles. The molecule has 0 rings (SSSR count). The summed E-state index contributed by atoms with van der Waals surface area (Å²) >= 11 is 0. The van der Waals surface area contributed by atoms with Crippen molar-refractivity contribution in [2.24, 2.45) is 5.41 Å². The van der Waals surface area contributed by atoms with Gasteiger partial charge in [0.25, 0.3) is 0 Å². The number of rotatable bonds is 3.